The Morgan fingerprint density at radius 3 is 2.40 bits per heavy atom. The van der Waals surface area contributed by atoms with Crippen LogP contribution in [0.4, 0.5) is 5.69 Å². The maximum Gasteiger partial charge on any atom is 0.255 e. The summed E-state index contributed by atoms with van der Waals surface area (Å²) in [6, 6.07) is 13.6. The van der Waals surface area contributed by atoms with Crippen LogP contribution in [0.2, 0.25) is 0 Å². The minimum atomic E-state index is -0.0822. The Hall–Kier alpha value is -2.13. The fourth-order valence-electron chi connectivity index (χ4n) is 2.23. The highest BCUT2D eigenvalue weighted by molar-refractivity contribution is 6.05. The van der Waals surface area contributed by atoms with E-state index < -0.39 is 0 Å². The molecule has 0 spiro atoms. The first kappa shape index (κ1) is 14.3. The van der Waals surface area contributed by atoms with Gasteiger partial charge in [-0.2, -0.15) is 0 Å². The van der Waals surface area contributed by atoms with Crippen LogP contribution >= 0.6 is 0 Å². The number of nitrogens with one attached hydrogen (secondary N) is 1. The first-order valence-corrected chi connectivity index (χ1v) is 6.78. The van der Waals surface area contributed by atoms with E-state index in [4.69, 9.17) is 5.73 Å². The summed E-state index contributed by atoms with van der Waals surface area (Å²) < 4.78 is 0. The molecule has 0 aliphatic carbocycles. The Bertz CT molecular complexity index is 600. The molecule has 2 rings (SSSR count). The molecular formula is C17H20N2O. The lowest BCUT2D eigenvalue weighted by molar-refractivity contribution is 0.102. The lowest BCUT2D eigenvalue weighted by Gasteiger charge is -2.12. The predicted molar refractivity (Wildman–Crippen MR) is 83.1 cm³/mol. The number of anilines is 1. The van der Waals surface area contributed by atoms with Gasteiger partial charge >= 0.3 is 0 Å². The van der Waals surface area contributed by atoms with Gasteiger partial charge in [-0.05, 0) is 55.6 Å². The predicted octanol–water partition coefficient (Wildman–Crippen LogP) is 3.06. The number of hydrogen-bond donors (Lipinski definition) is 2. The molecule has 0 radical (unpaired) electrons. The van der Waals surface area contributed by atoms with E-state index in [-0.39, 0.29) is 5.91 Å². The molecule has 2 aromatic rings. The van der Waals surface area contributed by atoms with E-state index in [1.165, 1.54) is 0 Å². The minimum Gasteiger partial charge on any atom is -0.330 e. The van der Waals surface area contributed by atoms with Gasteiger partial charge in [0.2, 0.25) is 0 Å². The van der Waals surface area contributed by atoms with Crippen LogP contribution in [0.15, 0.2) is 42.5 Å². The highest BCUT2D eigenvalue weighted by atomic mass is 16.1. The zero-order valence-corrected chi connectivity index (χ0v) is 11.9. The molecule has 0 fully saturated rings. The average molecular weight is 268 g/mol. The summed E-state index contributed by atoms with van der Waals surface area (Å²) in [5.41, 5.74) is 10.3. The van der Waals surface area contributed by atoms with Crippen LogP contribution in [0.25, 0.3) is 0 Å². The summed E-state index contributed by atoms with van der Waals surface area (Å²) >= 11 is 0. The maximum atomic E-state index is 12.3. The fourth-order valence-corrected chi connectivity index (χ4v) is 2.23. The zero-order valence-electron chi connectivity index (χ0n) is 11.9. The smallest absolute Gasteiger partial charge is 0.255 e. The van der Waals surface area contributed by atoms with Gasteiger partial charge in [0.1, 0.15) is 0 Å². The molecule has 2 aromatic carbocycles. The Kier molecular flexibility index (Phi) is 4.53. The van der Waals surface area contributed by atoms with Gasteiger partial charge in [-0.25, -0.2) is 0 Å². The standard InChI is InChI=1S/C17H20N2O/c1-12-5-3-6-13(2)16(12)19-17(20)15-8-4-7-14(11-15)9-10-18/h3-8,11H,9-10,18H2,1-2H3,(H,19,20). The molecule has 1 amide bonds. The van der Waals surface area contributed by atoms with Crippen molar-refractivity contribution in [3.63, 3.8) is 0 Å². The van der Waals surface area contributed by atoms with Crippen molar-refractivity contribution in [2.75, 3.05) is 11.9 Å². The molecule has 0 heterocycles. The van der Waals surface area contributed by atoms with Crippen LogP contribution in [0.3, 0.4) is 0 Å². The van der Waals surface area contributed by atoms with Gasteiger partial charge in [0.05, 0.1) is 0 Å². The minimum absolute atomic E-state index is 0.0822. The number of benzene rings is 2. The zero-order chi connectivity index (χ0) is 14.5. The molecule has 0 bridgehead atoms. The van der Waals surface area contributed by atoms with Gasteiger partial charge in [-0.3, -0.25) is 4.79 Å². The van der Waals surface area contributed by atoms with E-state index in [1.54, 1.807) is 0 Å². The number of carbonyl (C=O) groups is 1. The second kappa shape index (κ2) is 6.35. The van der Waals surface area contributed by atoms with Gasteiger partial charge in [-0.15, -0.1) is 0 Å². The molecule has 3 N–H and O–H groups in total. The molecule has 0 aliphatic heterocycles. The van der Waals surface area contributed by atoms with E-state index in [0.29, 0.717) is 12.1 Å². The van der Waals surface area contributed by atoms with Crippen LogP contribution in [-0.4, -0.2) is 12.5 Å². The van der Waals surface area contributed by atoms with Crippen molar-refractivity contribution in [2.45, 2.75) is 20.3 Å². The van der Waals surface area contributed by atoms with Crippen molar-refractivity contribution in [1.29, 1.82) is 0 Å². The SMILES string of the molecule is Cc1cccc(C)c1NC(=O)c1cccc(CCN)c1. The van der Waals surface area contributed by atoms with Crippen molar-refractivity contribution in [3.05, 3.63) is 64.7 Å². The van der Waals surface area contributed by atoms with E-state index in [2.05, 4.69) is 5.32 Å². The van der Waals surface area contributed by atoms with Crippen molar-refractivity contribution in [2.24, 2.45) is 5.73 Å². The maximum absolute atomic E-state index is 12.3. The monoisotopic (exact) mass is 268 g/mol. The normalized spacial score (nSPS) is 10.3. The topological polar surface area (TPSA) is 55.1 Å². The van der Waals surface area contributed by atoms with Crippen molar-refractivity contribution in [3.8, 4) is 0 Å². The third kappa shape index (κ3) is 3.25. The molecule has 0 aromatic heterocycles. The lowest BCUT2D eigenvalue weighted by Crippen LogP contribution is -2.14. The highest BCUT2D eigenvalue weighted by Gasteiger charge is 2.09. The van der Waals surface area contributed by atoms with Crippen LogP contribution in [0, 0.1) is 13.8 Å². The Balaban J connectivity index is 2.22. The van der Waals surface area contributed by atoms with Crippen molar-refractivity contribution in [1.82, 2.24) is 0 Å². The first-order chi connectivity index (χ1) is 9.61. The summed E-state index contributed by atoms with van der Waals surface area (Å²) in [5, 5.41) is 2.99. The summed E-state index contributed by atoms with van der Waals surface area (Å²) in [6.07, 6.45) is 0.782. The quantitative estimate of drug-likeness (QED) is 0.895. The number of aryl methyl sites for hydroxylation is 2. The summed E-state index contributed by atoms with van der Waals surface area (Å²) in [6.45, 7) is 4.57. The first-order valence-electron chi connectivity index (χ1n) is 6.78. The van der Waals surface area contributed by atoms with Crippen molar-refractivity contribution < 1.29 is 4.79 Å². The Morgan fingerprint density at radius 1 is 1.10 bits per heavy atom. The van der Waals surface area contributed by atoms with Gasteiger partial charge in [0, 0.05) is 11.3 Å². The number of carbonyl (C=O) groups excluding carboxylic acids is 1. The molecule has 0 aliphatic rings. The number of amides is 1. The van der Waals surface area contributed by atoms with E-state index in [0.717, 1.165) is 28.8 Å². The average Bonchev–Trinajstić information content (AvgIpc) is 2.43. The Morgan fingerprint density at radius 2 is 1.75 bits per heavy atom. The molecule has 3 heteroatoms. The second-order valence-corrected chi connectivity index (χ2v) is 4.96. The fraction of sp³-hybridized carbons (Fsp3) is 0.235. The van der Waals surface area contributed by atoms with E-state index in [9.17, 15) is 4.79 Å². The molecule has 104 valence electrons. The molecule has 0 saturated carbocycles. The molecular weight excluding hydrogens is 248 g/mol. The molecule has 0 atom stereocenters. The van der Waals surface area contributed by atoms with Crippen LogP contribution in [-0.2, 0) is 6.42 Å². The highest BCUT2D eigenvalue weighted by Crippen LogP contribution is 2.20. The van der Waals surface area contributed by atoms with Crippen LogP contribution < -0.4 is 11.1 Å². The van der Waals surface area contributed by atoms with E-state index in [1.807, 2.05) is 56.3 Å². The second-order valence-electron chi connectivity index (χ2n) is 4.96. The van der Waals surface area contributed by atoms with Crippen molar-refractivity contribution >= 4 is 11.6 Å². The Labute approximate surface area is 119 Å². The van der Waals surface area contributed by atoms with Crippen LogP contribution in [0.1, 0.15) is 27.0 Å². The van der Waals surface area contributed by atoms with Gasteiger partial charge in [0.25, 0.3) is 5.91 Å². The summed E-state index contributed by atoms with van der Waals surface area (Å²) in [7, 11) is 0. The van der Waals surface area contributed by atoms with Gasteiger partial charge in [0.15, 0.2) is 0 Å². The third-order valence-electron chi connectivity index (χ3n) is 3.34. The molecule has 0 unspecified atom stereocenters. The largest absolute Gasteiger partial charge is 0.330 e. The summed E-state index contributed by atoms with van der Waals surface area (Å²) in [4.78, 5) is 12.3. The summed E-state index contributed by atoms with van der Waals surface area (Å²) in [5.74, 6) is -0.0822. The van der Waals surface area contributed by atoms with Crippen LogP contribution in [0.5, 0.6) is 0 Å². The number of para-hydroxylation sites is 1. The number of rotatable bonds is 4. The van der Waals surface area contributed by atoms with E-state index >= 15 is 0 Å². The number of nitrogens with two attached hydrogens (primary N) is 1. The van der Waals surface area contributed by atoms with Gasteiger partial charge < -0.3 is 11.1 Å². The van der Waals surface area contributed by atoms with Gasteiger partial charge in [-0.1, -0.05) is 30.3 Å². The molecule has 20 heavy (non-hydrogen) atoms. The number of hydrogen-bond acceptors (Lipinski definition) is 2. The third-order valence-corrected chi connectivity index (χ3v) is 3.34. The molecule has 0 saturated heterocycles. The lowest BCUT2D eigenvalue weighted by atomic mass is 10.1. The molecule has 3 nitrogen and oxygen atoms in total.